The Bertz CT molecular complexity index is 630. The van der Waals surface area contributed by atoms with Gasteiger partial charge in [-0.25, -0.2) is 4.39 Å². The van der Waals surface area contributed by atoms with Gasteiger partial charge in [0.05, 0.1) is 10.6 Å². The number of hydrogen-bond acceptors (Lipinski definition) is 5. The number of benzene rings is 1. The molecule has 0 bridgehead atoms. The number of amides is 3. The summed E-state index contributed by atoms with van der Waals surface area (Å²) in [5.74, 6) is -2.62. The van der Waals surface area contributed by atoms with Crippen molar-refractivity contribution in [1.82, 2.24) is 4.90 Å². The van der Waals surface area contributed by atoms with Crippen LogP contribution in [0.4, 0.5) is 15.8 Å². The van der Waals surface area contributed by atoms with Crippen molar-refractivity contribution in [3.8, 4) is 0 Å². The summed E-state index contributed by atoms with van der Waals surface area (Å²) in [5, 5.41) is 12.7. The van der Waals surface area contributed by atoms with Crippen LogP contribution in [0.5, 0.6) is 0 Å². The van der Waals surface area contributed by atoms with Crippen LogP contribution in [-0.2, 0) is 14.4 Å². The van der Waals surface area contributed by atoms with E-state index in [1.165, 1.54) is 0 Å². The van der Waals surface area contributed by atoms with Crippen molar-refractivity contribution >= 4 is 29.1 Å². The third kappa shape index (κ3) is 3.19. The summed E-state index contributed by atoms with van der Waals surface area (Å²) in [6.07, 6.45) is 0.0779. The molecule has 3 amide bonds. The maximum atomic E-state index is 13.5. The lowest BCUT2D eigenvalue weighted by atomic mass is 10.2. The van der Waals surface area contributed by atoms with Crippen LogP contribution in [0.2, 0.25) is 0 Å². The van der Waals surface area contributed by atoms with Crippen LogP contribution < -0.4 is 5.32 Å². The Morgan fingerprint density at radius 2 is 1.95 bits per heavy atom. The lowest BCUT2D eigenvalue weighted by Crippen LogP contribution is -2.37. The monoisotopic (exact) mass is 295 g/mol. The quantitative estimate of drug-likeness (QED) is 0.502. The van der Waals surface area contributed by atoms with Gasteiger partial charge in [0.1, 0.15) is 12.4 Å². The van der Waals surface area contributed by atoms with E-state index in [-0.39, 0.29) is 24.2 Å². The lowest BCUT2D eigenvalue weighted by molar-refractivity contribution is -0.384. The number of carbonyl (C=O) groups excluding carboxylic acids is 3. The second-order valence-corrected chi connectivity index (χ2v) is 4.34. The van der Waals surface area contributed by atoms with Crippen molar-refractivity contribution < 1.29 is 23.7 Å². The van der Waals surface area contributed by atoms with E-state index in [4.69, 9.17) is 0 Å². The van der Waals surface area contributed by atoms with E-state index >= 15 is 0 Å². The minimum atomic E-state index is -0.854. The second kappa shape index (κ2) is 5.65. The van der Waals surface area contributed by atoms with Gasteiger partial charge in [-0.1, -0.05) is 0 Å². The summed E-state index contributed by atoms with van der Waals surface area (Å²) in [6, 6.07) is 2.67. The summed E-state index contributed by atoms with van der Waals surface area (Å²) in [7, 11) is 0. The van der Waals surface area contributed by atoms with Crippen LogP contribution in [0.15, 0.2) is 18.2 Å². The highest BCUT2D eigenvalue weighted by atomic mass is 19.1. The summed E-state index contributed by atoms with van der Waals surface area (Å²) in [4.78, 5) is 45.0. The summed E-state index contributed by atoms with van der Waals surface area (Å²) in [5.41, 5.74) is -0.770. The molecular weight excluding hydrogens is 285 g/mol. The molecule has 1 aliphatic heterocycles. The average molecular weight is 295 g/mol. The zero-order valence-corrected chi connectivity index (χ0v) is 10.7. The zero-order valence-electron chi connectivity index (χ0n) is 10.7. The van der Waals surface area contributed by atoms with Crippen LogP contribution in [0.1, 0.15) is 12.8 Å². The molecule has 0 aromatic heterocycles. The number of nitro groups is 1. The van der Waals surface area contributed by atoms with Gasteiger partial charge in [0.25, 0.3) is 5.69 Å². The molecule has 2 rings (SSSR count). The minimum absolute atomic E-state index is 0.0390. The van der Waals surface area contributed by atoms with E-state index in [1.54, 1.807) is 0 Å². The predicted molar refractivity (Wildman–Crippen MR) is 67.6 cm³/mol. The maximum Gasteiger partial charge on any atom is 0.271 e. The third-order valence-electron chi connectivity index (χ3n) is 2.89. The molecule has 0 aliphatic carbocycles. The molecule has 1 aromatic rings. The fourth-order valence-corrected chi connectivity index (χ4v) is 1.86. The molecule has 8 nitrogen and oxygen atoms in total. The second-order valence-electron chi connectivity index (χ2n) is 4.34. The molecule has 0 spiro atoms. The van der Waals surface area contributed by atoms with E-state index in [9.17, 15) is 28.9 Å². The topological polar surface area (TPSA) is 110 Å². The van der Waals surface area contributed by atoms with E-state index in [1.807, 2.05) is 0 Å². The molecule has 0 atom stereocenters. The number of likely N-dealkylation sites (tertiary alicyclic amines) is 1. The first kappa shape index (κ1) is 14.6. The number of halogens is 1. The molecule has 1 saturated heterocycles. The van der Waals surface area contributed by atoms with Crippen molar-refractivity contribution in [1.29, 1.82) is 0 Å². The molecule has 1 N–H and O–H groups in total. The fourth-order valence-electron chi connectivity index (χ4n) is 1.86. The zero-order chi connectivity index (χ0) is 15.6. The van der Waals surface area contributed by atoms with Crippen LogP contribution in [-0.4, -0.2) is 34.1 Å². The Morgan fingerprint density at radius 3 is 2.52 bits per heavy atom. The van der Waals surface area contributed by atoms with Crippen molar-refractivity contribution in [2.75, 3.05) is 11.9 Å². The van der Waals surface area contributed by atoms with Gasteiger partial charge in [0.15, 0.2) is 0 Å². The molecule has 1 aliphatic rings. The molecule has 0 saturated carbocycles. The number of nitrogens with one attached hydrogen (secondary N) is 1. The Hall–Kier alpha value is -2.84. The summed E-state index contributed by atoms with van der Waals surface area (Å²) < 4.78 is 13.5. The Kier molecular flexibility index (Phi) is 3.92. The van der Waals surface area contributed by atoms with Gasteiger partial charge in [-0.05, 0) is 6.07 Å². The molecule has 1 fully saturated rings. The summed E-state index contributed by atoms with van der Waals surface area (Å²) in [6.45, 7) is -0.542. The van der Waals surface area contributed by atoms with Crippen LogP contribution >= 0.6 is 0 Å². The lowest BCUT2D eigenvalue weighted by Gasteiger charge is -2.13. The van der Waals surface area contributed by atoms with E-state index in [2.05, 4.69) is 5.32 Å². The first-order valence-electron chi connectivity index (χ1n) is 5.95. The van der Waals surface area contributed by atoms with Crippen molar-refractivity contribution in [2.45, 2.75) is 12.8 Å². The van der Waals surface area contributed by atoms with Gasteiger partial charge in [0.2, 0.25) is 17.7 Å². The number of imide groups is 1. The van der Waals surface area contributed by atoms with Crippen molar-refractivity contribution in [3.05, 3.63) is 34.1 Å². The van der Waals surface area contributed by atoms with Gasteiger partial charge >= 0.3 is 0 Å². The number of anilines is 1. The highest BCUT2D eigenvalue weighted by Crippen LogP contribution is 2.21. The molecule has 21 heavy (non-hydrogen) atoms. The van der Waals surface area contributed by atoms with Crippen LogP contribution in [0.3, 0.4) is 0 Å². The van der Waals surface area contributed by atoms with Gasteiger partial charge in [-0.3, -0.25) is 29.4 Å². The molecule has 1 heterocycles. The standard InChI is InChI=1S/C12H10FN3O5/c13-8-2-1-7(16(20)21)5-9(8)14-10(17)6-15-11(18)3-4-12(15)19/h1-2,5H,3-4,6H2,(H,14,17). The van der Waals surface area contributed by atoms with Crippen LogP contribution in [0, 0.1) is 15.9 Å². The first-order valence-corrected chi connectivity index (χ1v) is 5.95. The first-order chi connectivity index (χ1) is 9.88. The number of nitrogens with zero attached hydrogens (tertiary/aromatic N) is 2. The predicted octanol–water partition coefficient (Wildman–Crippen LogP) is 0.821. The Labute approximate surface area is 117 Å². The molecule has 1 aromatic carbocycles. The van der Waals surface area contributed by atoms with E-state index in [0.29, 0.717) is 0 Å². The van der Waals surface area contributed by atoms with Crippen molar-refractivity contribution in [3.63, 3.8) is 0 Å². The van der Waals surface area contributed by atoms with E-state index < -0.39 is 35.0 Å². The Balaban J connectivity index is 2.09. The number of non-ortho nitro benzene ring substituents is 1. The number of carbonyl (C=O) groups is 3. The largest absolute Gasteiger partial charge is 0.322 e. The van der Waals surface area contributed by atoms with Gasteiger partial charge < -0.3 is 5.32 Å². The van der Waals surface area contributed by atoms with Gasteiger partial charge in [-0.2, -0.15) is 0 Å². The normalized spacial score (nSPS) is 14.4. The number of rotatable bonds is 4. The van der Waals surface area contributed by atoms with Gasteiger partial charge in [-0.15, -0.1) is 0 Å². The average Bonchev–Trinajstić information content (AvgIpc) is 2.73. The maximum absolute atomic E-state index is 13.5. The van der Waals surface area contributed by atoms with Crippen molar-refractivity contribution in [2.24, 2.45) is 0 Å². The minimum Gasteiger partial charge on any atom is -0.322 e. The Morgan fingerprint density at radius 1 is 1.33 bits per heavy atom. The highest BCUT2D eigenvalue weighted by Gasteiger charge is 2.30. The molecular formula is C12H10FN3O5. The molecule has 9 heteroatoms. The molecule has 0 radical (unpaired) electrons. The van der Waals surface area contributed by atoms with E-state index in [0.717, 1.165) is 23.1 Å². The fraction of sp³-hybridized carbons (Fsp3) is 0.250. The number of nitro benzene ring substituents is 1. The van der Waals surface area contributed by atoms with Crippen LogP contribution in [0.25, 0.3) is 0 Å². The SMILES string of the molecule is O=C(CN1C(=O)CCC1=O)Nc1cc([N+](=O)[O-])ccc1F. The smallest absolute Gasteiger partial charge is 0.271 e. The third-order valence-corrected chi connectivity index (χ3v) is 2.89. The van der Waals surface area contributed by atoms with Gasteiger partial charge in [0, 0.05) is 25.0 Å². The summed E-state index contributed by atoms with van der Waals surface area (Å²) >= 11 is 0. The number of hydrogen-bond donors (Lipinski definition) is 1. The highest BCUT2D eigenvalue weighted by molar-refractivity contribution is 6.06. The molecule has 0 unspecified atom stereocenters. The molecule has 110 valence electrons.